The van der Waals surface area contributed by atoms with E-state index in [0.717, 1.165) is 5.56 Å². The molecule has 0 amide bonds. The zero-order valence-corrected chi connectivity index (χ0v) is 22.0. The number of benzene rings is 3. The van der Waals surface area contributed by atoms with Gasteiger partial charge in [-0.1, -0.05) is 64.2 Å². The molecule has 0 radical (unpaired) electrons. The third-order valence-electron chi connectivity index (χ3n) is 5.44. The summed E-state index contributed by atoms with van der Waals surface area (Å²) in [7, 11) is -3.35. The highest BCUT2D eigenvalue weighted by Crippen LogP contribution is 2.38. The minimum atomic E-state index is -3.35. The first-order valence-corrected chi connectivity index (χ1v) is 13.6. The molecule has 0 spiro atoms. The van der Waals surface area contributed by atoms with Crippen molar-refractivity contribution in [2.24, 2.45) is 0 Å². The average molecular weight is 560 g/mol. The summed E-state index contributed by atoms with van der Waals surface area (Å²) in [5, 5.41) is 5.06. The number of sulfone groups is 1. The smallest absolute Gasteiger partial charge is 0.278 e. The van der Waals surface area contributed by atoms with E-state index in [4.69, 9.17) is 44.3 Å². The van der Waals surface area contributed by atoms with E-state index in [0.29, 0.717) is 49.2 Å². The van der Waals surface area contributed by atoms with Crippen LogP contribution in [0.1, 0.15) is 5.82 Å². The number of rotatable bonds is 5. The monoisotopic (exact) mass is 558 g/mol. The molecule has 0 aliphatic carbocycles. The Labute approximate surface area is 222 Å². The fourth-order valence-electron chi connectivity index (χ4n) is 3.74. The van der Waals surface area contributed by atoms with Crippen molar-refractivity contribution in [3.63, 3.8) is 0 Å². The molecule has 11 heteroatoms. The van der Waals surface area contributed by atoms with Crippen molar-refractivity contribution in [1.29, 1.82) is 0 Å². The largest absolute Gasteiger partial charge is 0.332 e. The Balaban J connectivity index is 1.67. The second kappa shape index (κ2) is 9.37. The Hall–Kier alpha value is -3.17. The SMILES string of the molecule is Cc1noc(-c2cn(-c3ccc(-c4cccc(S(C)(=O)=O)c4)cc3Cl)c(-c3c(Cl)cccc3Cl)n2)n1. The molecule has 0 atom stereocenters. The van der Waals surface area contributed by atoms with E-state index in [2.05, 4.69) is 10.1 Å². The lowest BCUT2D eigenvalue weighted by atomic mass is 10.1. The van der Waals surface area contributed by atoms with E-state index < -0.39 is 9.84 Å². The first kappa shape index (κ1) is 24.5. The maximum absolute atomic E-state index is 12.0. The summed E-state index contributed by atoms with van der Waals surface area (Å²) in [5.74, 6) is 1.14. The molecular weight excluding hydrogens is 543 g/mol. The summed E-state index contributed by atoms with van der Waals surface area (Å²) in [6, 6.07) is 17.3. The first-order valence-electron chi connectivity index (χ1n) is 10.6. The summed E-state index contributed by atoms with van der Waals surface area (Å²) in [6.45, 7) is 1.71. The van der Waals surface area contributed by atoms with Crippen molar-refractivity contribution in [1.82, 2.24) is 19.7 Å². The summed E-state index contributed by atoms with van der Waals surface area (Å²) in [5.41, 5.74) is 3.00. The number of halogens is 3. The van der Waals surface area contributed by atoms with Crippen molar-refractivity contribution >= 4 is 44.6 Å². The molecule has 2 heterocycles. The molecule has 2 aromatic heterocycles. The fraction of sp³-hybridized carbons (Fsp3) is 0.0800. The van der Waals surface area contributed by atoms with Gasteiger partial charge in [-0.05, 0) is 54.4 Å². The molecular formula is C25H17Cl3N4O3S. The van der Waals surface area contributed by atoms with Crippen LogP contribution in [0.15, 0.2) is 76.3 Å². The maximum atomic E-state index is 12.0. The van der Waals surface area contributed by atoms with Crippen molar-refractivity contribution in [3.8, 4) is 39.8 Å². The molecule has 0 saturated carbocycles. The van der Waals surface area contributed by atoms with Crippen LogP contribution < -0.4 is 0 Å². The molecule has 0 N–H and O–H groups in total. The Kier molecular flexibility index (Phi) is 6.38. The number of hydrogen-bond donors (Lipinski definition) is 0. The van der Waals surface area contributed by atoms with Crippen molar-refractivity contribution < 1.29 is 12.9 Å². The van der Waals surface area contributed by atoms with Crippen LogP contribution in [0.25, 0.3) is 39.8 Å². The van der Waals surface area contributed by atoms with Crippen molar-refractivity contribution in [2.45, 2.75) is 11.8 Å². The van der Waals surface area contributed by atoms with Crippen LogP contribution in [0.3, 0.4) is 0 Å². The molecule has 0 unspecified atom stereocenters. The molecule has 0 bridgehead atoms. The van der Waals surface area contributed by atoms with Gasteiger partial charge in [0.1, 0.15) is 11.5 Å². The Morgan fingerprint density at radius 2 is 1.56 bits per heavy atom. The van der Waals surface area contributed by atoms with Crippen LogP contribution in [0, 0.1) is 6.92 Å². The highest BCUT2D eigenvalue weighted by Gasteiger charge is 2.22. The second-order valence-electron chi connectivity index (χ2n) is 8.03. The minimum absolute atomic E-state index is 0.227. The van der Waals surface area contributed by atoms with Gasteiger partial charge in [-0.3, -0.25) is 4.57 Å². The van der Waals surface area contributed by atoms with Crippen LogP contribution in [0.5, 0.6) is 0 Å². The Morgan fingerprint density at radius 1 is 0.861 bits per heavy atom. The molecule has 0 aliphatic heterocycles. The molecule has 36 heavy (non-hydrogen) atoms. The van der Waals surface area contributed by atoms with Gasteiger partial charge in [-0.25, -0.2) is 13.4 Å². The third-order valence-corrected chi connectivity index (χ3v) is 7.48. The topological polar surface area (TPSA) is 90.9 Å². The number of hydrogen-bond acceptors (Lipinski definition) is 6. The zero-order valence-electron chi connectivity index (χ0n) is 18.9. The number of aromatic nitrogens is 4. The summed E-state index contributed by atoms with van der Waals surface area (Å²) < 4.78 is 31.1. The van der Waals surface area contributed by atoms with Gasteiger partial charge in [-0.2, -0.15) is 4.98 Å². The van der Waals surface area contributed by atoms with Crippen LogP contribution in [-0.2, 0) is 9.84 Å². The Bertz CT molecular complexity index is 1710. The standard InChI is InChI=1S/C25H17Cl3N4O3S/c1-14-29-25(35-31-14)21-13-32(24(30-21)23-18(26)7-4-8-19(23)27)22-10-9-16(12-20(22)28)15-5-3-6-17(11-15)36(2,33)34/h3-13H,1-2H3. The molecule has 3 aromatic carbocycles. The molecule has 182 valence electrons. The predicted octanol–water partition coefficient (Wildman–Crippen LogP) is 6.93. The van der Waals surface area contributed by atoms with Gasteiger partial charge < -0.3 is 4.52 Å². The fourth-order valence-corrected chi connectivity index (χ4v) is 5.25. The maximum Gasteiger partial charge on any atom is 0.278 e. The van der Waals surface area contributed by atoms with Crippen LogP contribution in [0.2, 0.25) is 15.1 Å². The van der Waals surface area contributed by atoms with Crippen LogP contribution in [-0.4, -0.2) is 34.4 Å². The number of imidazole rings is 1. The normalized spacial score (nSPS) is 11.7. The highest BCUT2D eigenvalue weighted by atomic mass is 35.5. The number of nitrogens with zero attached hydrogens (tertiary/aromatic N) is 4. The van der Waals surface area contributed by atoms with Crippen LogP contribution >= 0.6 is 34.8 Å². The minimum Gasteiger partial charge on any atom is -0.332 e. The van der Waals surface area contributed by atoms with Crippen molar-refractivity contribution in [3.05, 3.63) is 87.8 Å². The van der Waals surface area contributed by atoms with Gasteiger partial charge in [-0.15, -0.1) is 0 Å². The van der Waals surface area contributed by atoms with Gasteiger partial charge in [0, 0.05) is 12.5 Å². The molecule has 5 rings (SSSR count). The van der Waals surface area contributed by atoms with E-state index in [-0.39, 0.29) is 10.8 Å². The van der Waals surface area contributed by atoms with Crippen molar-refractivity contribution in [2.75, 3.05) is 6.26 Å². The first-order chi connectivity index (χ1) is 17.1. The molecule has 0 aliphatic rings. The third kappa shape index (κ3) is 4.65. The summed E-state index contributed by atoms with van der Waals surface area (Å²) in [6.07, 6.45) is 2.89. The second-order valence-corrected chi connectivity index (χ2v) is 11.3. The molecule has 5 aromatic rings. The zero-order chi connectivity index (χ0) is 25.6. The lowest BCUT2D eigenvalue weighted by molar-refractivity contribution is 0.424. The predicted molar refractivity (Wildman–Crippen MR) is 141 cm³/mol. The van der Waals surface area contributed by atoms with Gasteiger partial charge in [0.15, 0.2) is 15.7 Å². The average Bonchev–Trinajstić information content (AvgIpc) is 3.45. The van der Waals surface area contributed by atoms with E-state index in [9.17, 15) is 8.42 Å². The van der Waals surface area contributed by atoms with Gasteiger partial charge in [0.25, 0.3) is 5.89 Å². The molecule has 7 nitrogen and oxygen atoms in total. The quantitative estimate of drug-likeness (QED) is 0.232. The Morgan fingerprint density at radius 3 is 2.19 bits per heavy atom. The summed E-state index contributed by atoms with van der Waals surface area (Å²) >= 11 is 19.8. The van der Waals surface area contributed by atoms with E-state index in [1.807, 2.05) is 18.2 Å². The van der Waals surface area contributed by atoms with E-state index >= 15 is 0 Å². The highest BCUT2D eigenvalue weighted by molar-refractivity contribution is 7.90. The van der Waals surface area contributed by atoms with Gasteiger partial charge in [0.2, 0.25) is 0 Å². The number of aryl methyl sites for hydroxylation is 1. The summed E-state index contributed by atoms with van der Waals surface area (Å²) in [4.78, 5) is 9.19. The lowest BCUT2D eigenvalue weighted by Crippen LogP contribution is -1.99. The molecule has 0 saturated heterocycles. The van der Waals surface area contributed by atoms with E-state index in [1.165, 1.54) is 6.26 Å². The van der Waals surface area contributed by atoms with E-state index in [1.54, 1.807) is 60.2 Å². The lowest BCUT2D eigenvalue weighted by Gasteiger charge is -2.13. The van der Waals surface area contributed by atoms with Gasteiger partial charge >= 0.3 is 0 Å². The molecule has 0 fully saturated rings. The van der Waals surface area contributed by atoms with Crippen LogP contribution in [0.4, 0.5) is 0 Å². The van der Waals surface area contributed by atoms with Gasteiger partial charge in [0.05, 0.1) is 31.2 Å².